The molecule has 1 aromatic carbocycles. The lowest BCUT2D eigenvalue weighted by molar-refractivity contribution is 0.0581. The van der Waals surface area contributed by atoms with Crippen LogP contribution in [0.2, 0.25) is 0 Å². The van der Waals surface area contributed by atoms with Gasteiger partial charge in [0.15, 0.2) is 11.5 Å². The van der Waals surface area contributed by atoms with E-state index in [-0.39, 0.29) is 12.0 Å². The van der Waals surface area contributed by atoms with Crippen molar-refractivity contribution < 1.29 is 24.1 Å². The van der Waals surface area contributed by atoms with E-state index in [0.29, 0.717) is 37.2 Å². The minimum atomic E-state index is -0.593. The van der Waals surface area contributed by atoms with E-state index in [2.05, 4.69) is 19.2 Å². The molecule has 0 aliphatic rings. The Bertz CT molecular complexity index is 523. The first kappa shape index (κ1) is 23.7. The van der Waals surface area contributed by atoms with Gasteiger partial charge in [-0.05, 0) is 43.0 Å². The third-order valence-electron chi connectivity index (χ3n) is 4.87. The van der Waals surface area contributed by atoms with Crippen LogP contribution in [0.3, 0.4) is 0 Å². The summed E-state index contributed by atoms with van der Waals surface area (Å²) in [5.41, 5.74) is 0.837. The minimum Gasteiger partial charge on any atom is -0.493 e. The lowest BCUT2D eigenvalue weighted by atomic mass is 9.82. The molecule has 27 heavy (non-hydrogen) atoms. The van der Waals surface area contributed by atoms with Crippen LogP contribution < -0.4 is 14.8 Å². The smallest absolute Gasteiger partial charge is 0.161 e. The molecule has 1 aromatic rings. The van der Waals surface area contributed by atoms with Gasteiger partial charge in [0.25, 0.3) is 0 Å². The number of likely N-dealkylation sites (N-methyl/N-ethyl adjacent to an activating group) is 1. The molecule has 0 fully saturated rings. The fourth-order valence-corrected chi connectivity index (χ4v) is 3.19. The quantitative estimate of drug-likeness (QED) is 0.481. The average molecular weight is 384 g/mol. The Kier molecular flexibility index (Phi) is 11.4. The Hall–Kier alpha value is -1.34. The van der Waals surface area contributed by atoms with Crippen molar-refractivity contribution in [1.82, 2.24) is 5.32 Å². The summed E-state index contributed by atoms with van der Waals surface area (Å²) >= 11 is 0. The van der Waals surface area contributed by atoms with Crippen molar-refractivity contribution in [1.29, 1.82) is 0 Å². The number of ether oxygens (including phenoxy) is 4. The van der Waals surface area contributed by atoms with Gasteiger partial charge in [-0.15, -0.1) is 0 Å². The van der Waals surface area contributed by atoms with Crippen molar-refractivity contribution in [3.05, 3.63) is 23.8 Å². The van der Waals surface area contributed by atoms with Crippen molar-refractivity contribution in [3.63, 3.8) is 0 Å². The first-order valence-electron chi connectivity index (χ1n) is 9.62. The molecule has 6 heteroatoms. The molecule has 1 unspecified atom stereocenters. The van der Waals surface area contributed by atoms with Crippen LogP contribution in [0.5, 0.6) is 11.5 Å². The summed E-state index contributed by atoms with van der Waals surface area (Å²) in [6.45, 7) is 6.07. The molecular formula is C21H37NO5. The zero-order valence-corrected chi connectivity index (χ0v) is 17.7. The SMILES string of the molecule is CN[C@H](COC)C[C@@H](C(C)C)C(O)c1ccc(OC)c(OCCCOC)c1. The molecule has 0 bridgehead atoms. The van der Waals surface area contributed by atoms with Crippen LogP contribution in [0.4, 0.5) is 0 Å². The average Bonchev–Trinajstić information content (AvgIpc) is 2.67. The highest BCUT2D eigenvalue weighted by molar-refractivity contribution is 5.43. The molecule has 2 N–H and O–H groups in total. The highest BCUT2D eigenvalue weighted by Gasteiger charge is 2.27. The Morgan fingerprint density at radius 1 is 1.04 bits per heavy atom. The third kappa shape index (κ3) is 7.66. The van der Waals surface area contributed by atoms with Gasteiger partial charge in [-0.25, -0.2) is 0 Å². The molecule has 0 spiro atoms. The summed E-state index contributed by atoms with van der Waals surface area (Å²) in [5, 5.41) is 14.3. The van der Waals surface area contributed by atoms with Gasteiger partial charge in [-0.2, -0.15) is 0 Å². The van der Waals surface area contributed by atoms with Gasteiger partial charge in [0, 0.05) is 33.3 Å². The molecule has 0 aromatic heterocycles. The molecule has 0 aliphatic carbocycles. The molecule has 3 atom stereocenters. The van der Waals surface area contributed by atoms with Crippen LogP contribution in [0.1, 0.15) is 38.4 Å². The lowest BCUT2D eigenvalue weighted by Crippen LogP contribution is -2.35. The van der Waals surface area contributed by atoms with Crippen LogP contribution in [0.25, 0.3) is 0 Å². The van der Waals surface area contributed by atoms with E-state index in [9.17, 15) is 5.11 Å². The van der Waals surface area contributed by atoms with Gasteiger partial charge < -0.3 is 29.4 Å². The first-order valence-corrected chi connectivity index (χ1v) is 9.62. The highest BCUT2D eigenvalue weighted by atomic mass is 16.5. The van der Waals surface area contributed by atoms with Crippen LogP contribution in [0, 0.1) is 11.8 Å². The van der Waals surface area contributed by atoms with Crippen molar-refractivity contribution >= 4 is 0 Å². The predicted octanol–water partition coefficient (Wildman–Crippen LogP) is 3.04. The number of hydrogen-bond acceptors (Lipinski definition) is 6. The number of methoxy groups -OCH3 is 3. The highest BCUT2D eigenvalue weighted by Crippen LogP contribution is 2.36. The molecule has 6 nitrogen and oxygen atoms in total. The zero-order chi connectivity index (χ0) is 20.2. The van der Waals surface area contributed by atoms with E-state index >= 15 is 0 Å². The number of nitrogens with one attached hydrogen (secondary N) is 1. The number of aliphatic hydroxyl groups excluding tert-OH is 1. The minimum absolute atomic E-state index is 0.0901. The van der Waals surface area contributed by atoms with Crippen LogP contribution in [-0.4, -0.2) is 59.3 Å². The topological polar surface area (TPSA) is 69.2 Å². The van der Waals surface area contributed by atoms with E-state index in [1.165, 1.54) is 0 Å². The van der Waals surface area contributed by atoms with E-state index in [0.717, 1.165) is 18.4 Å². The fraction of sp³-hybridized carbons (Fsp3) is 0.714. The molecule has 0 aliphatic heterocycles. The molecular weight excluding hydrogens is 346 g/mol. The number of aliphatic hydroxyl groups is 1. The fourth-order valence-electron chi connectivity index (χ4n) is 3.19. The van der Waals surface area contributed by atoms with Gasteiger partial charge in [-0.3, -0.25) is 0 Å². The first-order chi connectivity index (χ1) is 13.0. The second-order valence-electron chi connectivity index (χ2n) is 7.13. The summed E-state index contributed by atoms with van der Waals surface area (Å²) in [6, 6.07) is 5.84. The Morgan fingerprint density at radius 2 is 1.78 bits per heavy atom. The second-order valence-corrected chi connectivity index (χ2v) is 7.13. The van der Waals surface area contributed by atoms with Crippen molar-refractivity contribution in [2.75, 3.05) is 48.2 Å². The molecule has 0 heterocycles. The maximum Gasteiger partial charge on any atom is 0.161 e. The van der Waals surface area contributed by atoms with E-state index in [4.69, 9.17) is 18.9 Å². The predicted molar refractivity (Wildman–Crippen MR) is 108 cm³/mol. The molecule has 0 saturated heterocycles. The number of rotatable bonds is 14. The van der Waals surface area contributed by atoms with E-state index in [1.807, 2.05) is 25.2 Å². The van der Waals surface area contributed by atoms with Crippen LogP contribution >= 0.6 is 0 Å². The van der Waals surface area contributed by atoms with Gasteiger partial charge in [0.2, 0.25) is 0 Å². The molecule has 0 amide bonds. The van der Waals surface area contributed by atoms with Crippen molar-refractivity contribution in [2.24, 2.45) is 11.8 Å². The van der Waals surface area contributed by atoms with E-state index < -0.39 is 6.10 Å². The van der Waals surface area contributed by atoms with E-state index in [1.54, 1.807) is 21.3 Å². The maximum absolute atomic E-state index is 11.1. The summed E-state index contributed by atoms with van der Waals surface area (Å²) in [6.07, 6.45) is 1.02. The van der Waals surface area contributed by atoms with Gasteiger partial charge in [0.05, 0.1) is 26.4 Å². The second kappa shape index (κ2) is 12.9. The lowest BCUT2D eigenvalue weighted by Gasteiger charge is -2.30. The molecule has 0 radical (unpaired) electrons. The zero-order valence-electron chi connectivity index (χ0n) is 17.7. The van der Waals surface area contributed by atoms with Gasteiger partial charge in [0.1, 0.15) is 0 Å². The Balaban J connectivity index is 2.95. The Morgan fingerprint density at radius 3 is 2.33 bits per heavy atom. The van der Waals surface area contributed by atoms with Gasteiger partial charge >= 0.3 is 0 Å². The summed E-state index contributed by atoms with van der Waals surface area (Å²) in [4.78, 5) is 0. The maximum atomic E-state index is 11.1. The molecule has 1 rings (SSSR count). The summed E-state index contributed by atoms with van der Waals surface area (Å²) in [5.74, 6) is 1.72. The Labute approximate surface area is 164 Å². The third-order valence-corrected chi connectivity index (χ3v) is 4.87. The number of hydrogen-bond donors (Lipinski definition) is 2. The standard InChI is InChI=1S/C21H37NO5/c1-15(2)18(13-17(22-3)14-25-5)21(23)16-8-9-19(26-6)20(12-16)27-11-7-10-24-4/h8-9,12,15,17-18,21-23H,7,10-11,13-14H2,1-6H3/t17-,18-,21?/m0/s1. The van der Waals surface area contributed by atoms with Crippen LogP contribution in [-0.2, 0) is 9.47 Å². The summed E-state index contributed by atoms with van der Waals surface area (Å²) in [7, 11) is 6.91. The number of benzene rings is 1. The van der Waals surface area contributed by atoms with Crippen molar-refractivity contribution in [3.8, 4) is 11.5 Å². The molecule has 0 saturated carbocycles. The van der Waals surface area contributed by atoms with Gasteiger partial charge in [-0.1, -0.05) is 19.9 Å². The molecule has 156 valence electrons. The largest absolute Gasteiger partial charge is 0.493 e. The monoisotopic (exact) mass is 383 g/mol. The summed E-state index contributed by atoms with van der Waals surface area (Å²) < 4.78 is 21.6. The normalized spacial score (nSPS) is 14.8. The van der Waals surface area contributed by atoms with Crippen LogP contribution in [0.15, 0.2) is 18.2 Å². The van der Waals surface area contributed by atoms with Crippen molar-refractivity contribution in [2.45, 2.75) is 38.8 Å².